The lowest BCUT2D eigenvalue weighted by Crippen LogP contribution is -2.42. The summed E-state index contributed by atoms with van der Waals surface area (Å²) in [4.78, 5) is 24.2. The average Bonchev–Trinajstić information content (AvgIpc) is 2.84. The number of fused-ring (bicyclic) bond motifs is 3. The third kappa shape index (κ3) is 3.18. The van der Waals surface area contributed by atoms with Gasteiger partial charge in [0.25, 0.3) is 0 Å². The number of hydrogen-bond donors (Lipinski definition) is 2. The first-order chi connectivity index (χ1) is 12.2. The molecule has 2 amide bonds. The van der Waals surface area contributed by atoms with Gasteiger partial charge in [0.2, 0.25) is 11.8 Å². The van der Waals surface area contributed by atoms with E-state index in [0.29, 0.717) is 19.6 Å². The molecule has 0 saturated carbocycles. The number of piperidine rings is 1. The Hall–Kier alpha value is -2.56. The maximum Gasteiger partial charge on any atom is 0.224 e. The van der Waals surface area contributed by atoms with Crippen LogP contribution in [-0.2, 0) is 9.59 Å². The zero-order valence-electron chi connectivity index (χ0n) is 14.1. The van der Waals surface area contributed by atoms with Crippen molar-refractivity contribution in [3.63, 3.8) is 0 Å². The summed E-state index contributed by atoms with van der Waals surface area (Å²) in [6.07, 6.45) is 2.71. The Labute approximate surface area is 146 Å². The van der Waals surface area contributed by atoms with Crippen LogP contribution in [0.1, 0.15) is 37.3 Å². The molecule has 130 valence electrons. The van der Waals surface area contributed by atoms with E-state index < -0.39 is 0 Å². The Morgan fingerprint density at radius 3 is 2.92 bits per heavy atom. The molecule has 0 aromatic heterocycles. The lowest BCUT2D eigenvalue weighted by atomic mass is 9.94. The summed E-state index contributed by atoms with van der Waals surface area (Å²) in [5.74, 6) is 0.576. The van der Waals surface area contributed by atoms with Crippen LogP contribution in [0.3, 0.4) is 0 Å². The van der Waals surface area contributed by atoms with E-state index in [-0.39, 0.29) is 30.2 Å². The summed E-state index contributed by atoms with van der Waals surface area (Å²) in [5.41, 5.74) is 1.03. The zero-order valence-corrected chi connectivity index (χ0v) is 14.1. The molecule has 5 heteroatoms. The second kappa shape index (κ2) is 6.75. The Balaban J connectivity index is 1.62. The van der Waals surface area contributed by atoms with Gasteiger partial charge < -0.3 is 15.4 Å². The van der Waals surface area contributed by atoms with Gasteiger partial charge in [-0.05, 0) is 24.6 Å². The fourth-order valence-electron chi connectivity index (χ4n) is 3.76. The van der Waals surface area contributed by atoms with Gasteiger partial charge >= 0.3 is 0 Å². The Morgan fingerprint density at radius 2 is 2.04 bits per heavy atom. The molecule has 0 bridgehead atoms. The number of nitrogens with one attached hydrogen (secondary N) is 2. The molecule has 2 aromatic carbocycles. The van der Waals surface area contributed by atoms with Crippen molar-refractivity contribution in [1.29, 1.82) is 0 Å². The summed E-state index contributed by atoms with van der Waals surface area (Å²) in [7, 11) is 0. The predicted molar refractivity (Wildman–Crippen MR) is 95.3 cm³/mol. The van der Waals surface area contributed by atoms with Crippen LogP contribution in [0.4, 0.5) is 0 Å². The molecule has 0 spiro atoms. The molecular formula is C20H22N2O3. The van der Waals surface area contributed by atoms with Crippen LogP contribution in [0, 0.1) is 5.92 Å². The van der Waals surface area contributed by atoms with Crippen molar-refractivity contribution in [2.45, 2.75) is 31.7 Å². The van der Waals surface area contributed by atoms with E-state index in [9.17, 15) is 9.59 Å². The van der Waals surface area contributed by atoms with E-state index in [2.05, 4.69) is 34.9 Å². The molecule has 4 rings (SSSR count). The van der Waals surface area contributed by atoms with E-state index in [1.54, 1.807) is 0 Å². The van der Waals surface area contributed by atoms with Gasteiger partial charge in [-0.1, -0.05) is 36.4 Å². The van der Waals surface area contributed by atoms with E-state index in [0.717, 1.165) is 34.9 Å². The van der Waals surface area contributed by atoms with Gasteiger partial charge in [0.15, 0.2) is 0 Å². The van der Waals surface area contributed by atoms with Gasteiger partial charge in [-0.25, -0.2) is 0 Å². The first-order valence-corrected chi connectivity index (χ1v) is 8.94. The highest BCUT2D eigenvalue weighted by Crippen LogP contribution is 2.37. The average molecular weight is 338 g/mol. The Kier molecular flexibility index (Phi) is 4.30. The quantitative estimate of drug-likeness (QED) is 0.885. The first-order valence-electron chi connectivity index (χ1n) is 8.94. The van der Waals surface area contributed by atoms with Crippen LogP contribution in [0.15, 0.2) is 36.4 Å². The second-order valence-corrected chi connectivity index (χ2v) is 6.80. The van der Waals surface area contributed by atoms with Crippen LogP contribution < -0.4 is 15.4 Å². The number of benzene rings is 2. The molecule has 2 heterocycles. The minimum atomic E-state index is -0.234. The molecule has 2 atom stereocenters. The molecule has 2 unspecified atom stereocenters. The summed E-state index contributed by atoms with van der Waals surface area (Å²) in [6, 6.07) is 12.2. The standard InChI is InChI=1S/C20H22N2O3/c23-18-12-14(9-10-21-18)20(24)22-17-6-3-11-25-19-15-5-2-1-4-13(15)7-8-16(17)19/h1-2,4-5,7-8,14,17H,3,6,9-12H2,(H,21,23)(H,22,24). The zero-order chi connectivity index (χ0) is 17.2. The van der Waals surface area contributed by atoms with Crippen LogP contribution in [0.2, 0.25) is 0 Å². The van der Waals surface area contributed by atoms with Crippen molar-refractivity contribution in [3.05, 3.63) is 42.0 Å². The highest BCUT2D eigenvalue weighted by molar-refractivity contribution is 5.90. The van der Waals surface area contributed by atoms with Crippen molar-refractivity contribution >= 4 is 22.6 Å². The Morgan fingerprint density at radius 1 is 1.16 bits per heavy atom. The normalized spacial score (nSPS) is 23.1. The number of amides is 2. The lowest BCUT2D eigenvalue weighted by molar-refractivity contribution is -0.132. The summed E-state index contributed by atoms with van der Waals surface area (Å²) in [5, 5.41) is 8.17. The van der Waals surface area contributed by atoms with Crippen LogP contribution in [-0.4, -0.2) is 25.0 Å². The number of rotatable bonds is 2. The van der Waals surface area contributed by atoms with Crippen LogP contribution >= 0.6 is 0 Å². The lowest BCUT2D eigenvalue weighted by Gasteiger charge is -2.25. The van der Waals surface area contributed by atoms with Crippen LogP contribution in [0.25, 0.3) is 10.8 Å². The van der Waals surface area contributed by atoms with E-state index >= 15 is 0 Å². The highest BCUT2D eigenvalue weighted by Gasteiger charge is 2.29. The monoisotopic (exact) mass is 338 g/mol. The summed E-state index contributed by atoms with van der Waals surface area (Å²) < 4.78 is 6.02. The van der Waals surface area contributed by atoms with Crippen molar-refractivity contribution in [2.24, 2.45) is 5.92 Å². The first kappa shape index (κ1) is 15.9. The van der Waals surface area contributed by atoms with Crippen molar-refractivity contribution in [3.8, 4) is 5.75 Å². The molecule has 1 saturated heterocycles. The molecule has 0 aliphatic carbocycles. The molecule has 1 fully saturated rings. The molecular weight excluding hydrogens is 316 g/mol. The fraction of sp³-hybridized carbons (Fsp3) is 0.400. The number of carbonyl (C=O) groups excluding carboxylic acids is 2. The molecule has 0 radical (unpaired) electrons. The maximum absolute atomic E-state index is 12.7. The number of ether oxygens (including phenoxy) is 1. The topological polar surface area (TPSA) is 67.4 Å². The van der Waals surface area contributed by atoms with Gasteiger partial charge in [-0.2, -0.15) is 0 Å². The van der Waals surface area contributed by atoms with E-state index in [1.165, 1.54) is 0 Å². The molecule has 2 N–H and O–H groups in total. The molecule has 2 aliphatic heterocycles. The van der Waals surface area contributed by atoms with Gasteiger partial charge in [0.05, 0.1) is 12.6 Å². The third-order valence-corrected chi connectivity index (χ3v) is 5.10. The number of carbonyl (C=O) groups is 2. The second-order valence-electron chi connectivity index (χ2n) is 6.80. The largest absolute Gasteiger partial charge is 0.493 e. The summed E-state index contributed by atoms with van der Waals surface area (Å²) in [6.45, 7) is 1.23. The van der Waals surface area contributed by atoms with E-state index in [4.69, 9.17) is 4.74 Å². The maximum atomic E-state index is 12.7. The van der Waals surface area contributed by atoms with Gasteiger partial charge in [-0.15, -0.1) is 0 Å². The molecule has 5 nitrogen and oxygen atoms in total. The van der Waals surface area contributed by atoms with Gasteiger partial charge in [0, 0.05) is 29.8 Å². The molecule has 25 heavy (non-hydrogen) atoms. The molecule has 2 aromatic rings. The minimum Gasteiger partial charge on any atom is -0.493 e. The van der Waals surface area contributed by atoms with Gasteiger partial charge in [-0.3, -0.25) is 9.59 Å². The fourth-order valence-corrected chi connectivity index (χ4v) is 3.76. The smallest absolute Gasteiger partial charge is 0.224 e. The SMILES string of the molecule is O=C1CC(C(=O)NC2CCCOc3c2ccc2ccccc32)CCN1. The molecule has 2 aliphatic rings. The van der Waals surface area contributed by atoms with Gasteiger partial charge in [0.1, 0.15) is 5.75 Å². The third-order valence-electron chi connectivity index (χ3n) is 5.10. The number of hydrogen-bond acceptors (Lipinski definition) is 3. The van der Waals surface area contributed by atoms with Crippen LogP contribution in [0.5, 0.6) is 5.75 Å². The van der Waals surface area contributed by atoms with Crippen molar-refractivity contribution < 1.29 is 14.3 Å². The van der Waals surface area contributed by atoms with Crippen molar-refractivity contribution in [1.82, 2.24) is 10.6 Å². The Bertz CT molecular complexity index is 818. The van der Waals surface area contributed by atoms with E-state index in [1.807, 2.05) is 12.1 Å². The minimum absolute atomic E-state index is 0.0270. The van der Waals surface area contributed by atoms with Crippen molar-refractivity contribution in [2.75, 3.05) is 13.2 Å². The highest BCUT2D eigenvalue weighted by atomic mass is 16.5. The summed E-state index contributed by atoms with van der Waals surface area (Å²) >= 11 is 0. The predicted octanol–water partition coefficient (Wildman–Crippen LogP) is 2.70.